The Hall–Kier alpha value is -2.73. The second-order valence-corrected chi connectivity index (χ2v) is 8.82. The molecule has 3 N–H and O–H groups in total. The first-order valence-corrected chi connectivity index (χ1v) is 12.0. The van der Waals surface area contributed by atoms with Crippen LogP contribution in [0.1, 0.15) is 68.6 Å². The molecule has 1 aliphatic heterocycles. The Morgan fingerprint density at radius 1 is 0.969 bits per heavy atom. The SMILES string of the molecule is CCCCCCCCN1C(=O)C(c2ccccc2)(c2ccc(CCC(N)=O)cc2)NC1=S. The van der Waals surface area contributed by atoms with Gasteiger partial charge in [-0.3, -0.25) is 14.5 Å². The minimum atomic E-state index is -1.04. The van der Waals surface area contributed by atoms with Crippen LogP contribution in [-0.2, 0) is 21.5 Å². The van der Waals surface area contributed by atoms with Crippen molar-refractivity contribution in [3.8, 4) is 0 Å². The molecule has 1 fully saturated rings. The van der Waals surface area contributed by atoms with Crippen LogP contribution in [0.4, 0.5) is 0 Å². The number of thiocarbonyl (C=S) groups is 1. The van der Waals surface area contributed by atoms with Crippen molar-refractivity contribution in [1.29, 1.82) is 0 Å². The van der Waals surface area contributed by atoms with Gasteiger partial charge in [0.05, 0.1) is 0 Å². The molecular weight excluding hydrogens is 418 g/mol. The quantitative estimate of drug-likeness (QED) is 0.370. The lowest BCUT2D eigenvalue weighted by Crippen LogP contribution is -2.45. The van der Waals surface area contributed by atoms with E-state index >= 15 is 0 Å². The van der Waals surface area contributed by atoms with Gasteiger partial charge >= 0.3 is 0 Å². The van der Waals surface area contributed by atoms with E-state index in [9.17, 15) is 9.59 Å². The predicted molar refractivity (Wildman–Crippen MR) is 132 cm³/mol. The van der Waals surface area contributed by atoms with E-state index in [1.165, 1.54) is 25.7 Å². The maximum atomic E-state index is 13.8. The van der Waals surface area contributed by atoms with Crippen LogP contribution in [0.2, 0.25) is 0 Å². The Morgan fingerprint density at radius 2 is 1.59 bits per heavy atom. The van der Waals surface area contributed by atoms with Crippen LogP contribution < -0.4 is 11.1 Å². The Bertz CT molecular complexity index is 930. The number of amides is 2. The zero-order chi connectivity index (χ0) is 23.0. The summed E-state index contributed by atoms with van der Waals surface area (Å²) < 4.78 is 0. The number of nitrogens with zero attached hydrogens (tertiary/aromatic N) is 1. The summed E-state index contributed by atoms with van der Waals surface area (Å²) in [5.41, 5.74) is 6.95. The minimum Gasteiger partial charge on any atom is -0.370 e. The van der Waals surface area contributed by atoms with Crippen molar-refractivity contribution in [3.05, 3.63) is 71.3 Å². The average Bonchev–Trinajstić information content (AvgIpc) is 3.06. The van der Waals surface area contributed by atoms with Gasteiger partial charge in [0, 0.05) is 13.0 Å². The van der Waals surface area contributed by atoms with Crippen LogP contribution in [0.15, 0.2) is 54.6 Å². The molecule has 0 aliphatic carbocycles. The summed E-state index contributed by atoms with van der Waals surface area (Å²) in [6, 6.07) is 17.5. The van der Waals surface area contributed by atoms with E-state index in [1.54, 1.807) is 4.90 Å². The van der Waals surface area contributed by atoms with Crippen LogP contribution in [0, 0.1) is 0 Å². The number of hydrogen-bond acceptors (Lipinski definition) is 3. The standard InChI is InChI=1S/C26H33N3O2S/c1-2-3-4-5-6-10-19-29-24(31)26(28-25(29)32,21-11-8-7-9-12-21)22-16-13-20(14-17-22)15-18-23(27)30/h7-9,11-14,16-17H,2-6,10,15,18-19H2,1H3,(H2,27,30)(H,28,32). The molecule has 1 saturated heterocycles. The molecule has 1 heterocycles. The van der Waals surface area contributed by atoms with Gasteiger partial charge in [0.25, 0.3) is 5.91 Å². The number of primary amides is 1. The summed E-state index contributed by atoms with van der Waals surface area (Å²) in [7, 11) is 0. The highest BCUT2D eigenvalue weighted by atomic mass is 32.1. The Balaban J connectivity index is 1.83. The fourth-order valence-corrected chi connectivity index (χ4v) is 4.59. The van der Waals surface area contributed by atoms with Gasteiger partial charge in [-0.05, 0) is 41.7 Å². The van der Waals surface area contributed by atoms with Gasteiger partial charge in [-0.1, -0.05) is 93.6 Å². The fourth-order valence-electron chi connectivity index (χ4n) is 4.26. The molecule has 32 heavy (non-hydrogen) atoms. The first kappa shape index (κ1) is 23.9. The van der Waals surface area contributed by atoms with Crippen molar-refractivity contribution in [3.63, 3.8) is 0 Å². The average molecular weight is 452 g/mol. The number of rotatable bonds is 12. The summed E-state index contributed by atoms with van der Waals surface area (Å²) in [6.07, 6.45) is 7.83. The van der Waals surface area contributed by atoms with Crippen LogP contribution >= 0.6 is 12.2 Å². The van der Waals surface area contributed by atoms with Crippen molar-refractivity contribution in [2.24, 2.45) is 5.73 Å². The molecule has 0 saturated carbocycles. The lowest BCUT2D eigenvalue weighted by atomic mass is 9.82. The fraction of sp³-hybridized carbons (Fsp3) is 0.423. The molecule has 2 amide bonds. The van der Waals surface area contributed by atoms with Gasteiger partial charge in [-0.2, -0.15) is 0 Å². The molecule has 5 nitrogen and oxygen atoms in total. The van der Waals surface area contributed by atoms with Crippen molar-refractivity contribution in [1.82, 2.24) is 10.2 Å². The summed E-state index contributed by atoms with van der Waals surface area (Å²) in [4.78, 5) is 26.7. The van der Waals surface area contributed by atoms with E-state index in [0.717, 1.165) is 29.5 Å². The first-order chi connectivity index (χ1) is 15.5. The number of carbonyl (C=O) groups is 2. The Morgan fingerprint density at radius 3 is 2.25 bits per heavy atom. The molecular formula is C26H33N3O2S. The molecule has 2 aromatic carbocycles. The summed E-state index contributed by atoms with van der Waals surface area (Å²) in [5, 5.41) is 3.84. The lowest BCUT2D eigenvalue weighted by Gasteiger charge is -2.28. The third kappa shape index (κ3) is 5.36. The number of benzene rings is 2. The Labute approximate surface area is 196 Å². The number of unbranched alkanes of at least 4 members (excludes halogenated alkanes) is 5. The monoisotopic (exact) mass is 451 g/mol. The summed E-state index contributed by atoms with van der Waals surface area (Å²) in [5.74, 6) is -0.356. The zero-order valence-electron chi connectivity index (χ0n) is 18.8. The smallest absolute Gasteiger partial charge is 0.263 e. The molecule has 3 rings (SSSR count). The van der Waals surface area contributed by atoms with E-state index in [-0.39, 0.29) is 11.8 Å². The van der Waals surface area contributed by atoms with E-state index < -0.39 is 5.54 Å². The van der Waals surface area contributed by atoms with E-state index in [4.69, 9.17) is 18.0 Å². The van der Waals surface area contributed by atoms with Crippen molar-refractivity contribution >= 4 is 29.1 Å². The van der Waals surface area contributed by atoms with Crippen LogP contribution in [-0.4, -0.2) is 28.4 Å². The van der Waals surface area contributed by atoms with Gasteiger partial charge in [0.2, 0.25) is 5.91 Å². The molecule has 170 valence electrons. The number of nitrogens with one attached hydrogen (secondary N) is 1. The van der Waals surface area contributed by atoms with Gasteiger partial charge in [-0.25, -0.2) is 0 Å². The number of aryl methyl sites for hydroxylation is 1. The maximum absolute atomic E-state index is 13.8. The van der Waals surface area contributed by atoms with Gasteiger partial charge in [0.15, 0.2) is 10.7 Å². The second-order valence-electron chi connectivity index (χ2n) is 8.43. The third-order valence-electron chi connectivity index (χ3n) is 6.09. The highest BCUT2D eigenvalue weighted by Gasteiger charge is 2.51. The van der Waals surface area contributed by atoms with Crippen LogP contribution in [0.3, 0.4) is 0 Å². The van der Waals surface area contributed by atoms with Crippen molar-refractivity contribution in [2.75, 3.05) is 6.54 Å². The zero-order valence-corrected chi connectivity index (χ0v) is 19.6. The molecule has 0 spiro atoms. The predicted octanol–water partition coefficient (Wildman–Crippen LogP) is 4.43. The lowest BCUT2D eigenvalue weighted by molar-refractivity contribution is -0.130. The third-order valence-corrected chi connectivity index (χ3v) is 6.42. The van der Waals surface area contributed by atoms with Crippen molar-refractivity contribution < 1.29 is 9.59 Å². The molecule has 1 atom stereocenters. The topological polar surface area (TPSA) is 75.4 Å². The van der Waals surface area contributed by atoms with Gasteiger partial charge in [0.1, 0.15) is 0 Å². The first-order valence-electron chi connectivity index (χ1n) is 11.6. The van der Waals surface area contributed by atoms with E-state index in [1.807, 2.05) is 54.6 Å². The molecule has 2 aromatic rings. The molecule has 0 bridgehead atoms. The minimum absolute atomic E-state index is 0.0351. The van der Waals surface area contributed by atoms with Gasteiger partial charge < -0.3 is 11.1 Å². The second kappa shape index (κ2) is 11.2. The number of hydrogen-bond donors (Lipinski definition) is 2. The largest absolute Gasteiger partial charge is 0.370 e. The van der Waals surface area contributed by atoms with E-state index in [0.29, 0.717) is 24.5 Å². The molecule has 1 aliphatic rings. The molecule has 1 unspecified atom stereocenters. The van der Waals surface area contributed by atoms with Crippen LogP contribution in [0.25, 0.3) is 0 Å². The van der Waals surface area contributed by atoms with Crippen LogP contribution in [0.5, 0.6) is 0 Å². The number of nitrogens with two attached hydrogens (primary N) is 1. The molecule has 0 radical (unpaired) electrons. The van der Waals surface area contributed by atoms with Crippen molar-refractivity contribution in [2.45, 2.75) is 63.8 Å². The summed E-state index contributed by atoms with van der Waals surface area (Å²) >= 11 is 5.62. The number of carbonyl (C=O) groups excluding carboxylic acids is 2. The Kier molecular flexibility index (Phi) is 8.39. The highest BCUT2D eigenvalue weighted by molar-refractivity contribution is 7.80. The molecule has 6 heteroatoms. The summed E-state index contributed by atoms with van der Waals surface area (Å²) in [6.45, 7) is 2.84. The van der Waals surface area contributed by atoms with E-state index in [2.05, 4.69) is 12.2 Å². The normalized spacial score (nSPS) is 18.1. The molecule has 0 aromatic heterocycles. The highest BCUT2D eigenvalue weighted by Crippen LogP contribution is 2.36. The maximum Gasteiger partial charge on any atom is 0.263 e. The van der Waals surface area contributed by atoms with Gasteiger partial charge in [-0.15, -0.1) is 0 Å².